The van der Waals surface area contributed by atoms with Gasteiger partial charge in [0.2, 0.25) is 5.91 Å². The molecule has 25 heavy (non-hydrogen) atoms. The molecular weight excluding hydrogens is 312 g/mol. The number of nitrogens with one attached hydrogen (secondary N) is 3. The van der Waals surface area contributed by atoms with E-state index in [0.717, 1.165) is 28.9 Å². The highest BCUT2D eigenvalue weighted by Crippen LogP contribution is 2.36. The van der Waals surface area contributed by atoms with E-state index in [1.165, 1.54) is 0 Å². The van der Waals surface area contributed by atoms with Crippen LogP contribution in [0, 0.1) is 11.3 Å². The van der Waals surface area contributed by atoms with Gasteiger partial charge >= 0.3 is 0 Å². The number of amides is 1. The van der Waals surface area contributed by atoms with E-state index in [1.807, 2.05) is 25.4 Å². The lowest BCUT2D eigenvalue weighted by atomic mass is 9.87. The van der Waals surface area contributed by atoms with Gasteiger partial charge in [0.25, 0.3) is 0 Å². The van der Waals surface area contributed by atoms with Crippen molar-refractivity contribution in [1.29, 1.82) is 5.41 Å². The van der Waals surface area contributed by atoms with Gasteiger partial charge in [-0.3, -0.25) is 9.79 Å². The molecule has 1 aromatic rings. The Kier molecular flexibility index (Phi) is 5.02. The third kappa shape index (κ3) is 3.50. The van der Waals surface area contributed by atoms with Crippen molar-refractivity contribution in [1.82, 2.24) is 5.32 Å². The summed E-state index contributed by atoms with van der Waals surface area (Å²) in [5.41, 5.74) is 4.60. The Labute approximate surface area is 149 Å². The van der Waals surface area contributed by atoms with Crippen LogP contribution in [-0.2, 0) is 4.79 Å². The van der Waals surface area contributed by atoms with E-state index >= 15 is 0 Å². The number of allylic oxidation sites excluding steroid dienone is 1. The van der Waals surface area contributed by atoms with Crippen LogP contribution in [0.2, 0.25) is 0 Å². The van der Waals surface area contributed by atoms with E-state index in [1.54, 1.807) is 0 Å². The molecule has 0 radical (unpaired) electrons. The Hall–Kier alpha value is -2.43. The van der Waals surface area contributed by atoms with Gasteiger partial charge in [0.1, 0.15) is 6.04 Å². The van der Waals surface area contributed by atoms with Gasteiger partial charge in [0.05, 0.1) is 5.70 Å². The molecule has 132 valence electrons. The summed E-state index contributed by atoms with van der Waals surface area (Å²) in [6, 6.07) is 7.77. The van der Waals surface area contributed by atoms with E-state index in [4.69, 9.17) is 10.4 Å². The number of fused-ring (bicyclic) bond motifs is 1. The molecule has 0 spiro atoms. The van der Waals surface area contributed by atoms with Crippen LogP contribution in [0.5, 0.6) is 0 Å². The van der Waals surface area contributed by atoms with Crippen LogP contribution < -0.4 is 10.6 Å². The first-order valence-corrected chi connectivity index (χ1v) is 8.92. The first-order valence-electron chi connectivity index (χ1n) is 8.92. The maximum Gasteiger partial charge on any atom is 0.221 e. The van der Waals surface area contributed by atoms with Crippen LogP contribution in [0.4, 0.5) is 5.69 Å². The van der Waals surface area contributed by atoms with Crippen LogP contribution in [0.15, 0.2) is 40.5 Å². The Morgan fingerprint density at radius 1 is 1.36 bits per heavy atom. The molecule has 2 aliphatic rings. The standard InChI is InChI=1S/C20H26N4O/c1-4-13-8-17(21)20-19(23-11-13)12(2)16(10-18(25)24-20)14-6-5-7-15(9-14)22-3/h5-7,9,11,13,16,20-22H,4,8,10H2,1-3H3,(H,24,25). The first-order chi connectivity index (χ1) is 12.0. The van der Waals surface area contributed by atoms with E-state index in [9.17, 15) is 4.79 Å². The summed E-state index contributed by atoms with van der Waals surface area (Å²) in [5, 5.41) is 14.6. The maximum absolute atomic E-state index is 12.5. The molecule has 2 heterocycles. The minimum absolute atomic E-state index is 0.0172. The molecule has 3 unspecified atom stereocenters. The lowest BCUT2D eigenvalue weighted by Crippen LogP contribution is -2.40. The highest BCUT2D eigenvalue weighted by molar-refractivity contribution is 5.97. The monoisotopic (exact) mass is 338 g/mol. The fourth-order valence-corrected chi connectivity index (χ4v) is 3.63. The van der Waals surface area contributed by atoms with Crippen molar-refractivity contribution in [2.24, 2.45) is 10.9 Å². The summed E-state index contributed by atoms with van der Waals surface area (Å²) in [6.45, 7) is 4.16. The zero-order valence-corrected chi connectivity index (χ0v) is 15.1. The van der Waals surface area contributed by atoms with Crippen LogP contribution in [0.1, 0.15) is 44.6 Å². The summed E-state index contributed by atoms with van der Waals surface area (Å²) in [5.74, 6) is 0.230. The second-order valence-electron chi connectivity index (χ2n) is 6.88. The SMILES string of the molecule is CCC1C=NC2=C(C)C(c3cccc(NC)c3)CC(=O)NC2C(=N)C1. The van der Waals surface area contributed by atoms with Crippen molar-refractivity contribution in [3.63, 3.8) is 0 Å². The van der Waals surface area contributed by atoms with Gasteiger partial charge in [-0.2, -0.15) is 0 Å². The predicted octanol–water partition coefficient (Wildman–Crippen LogP) is 3.49. The Morgan fingerprint density at radius 3 is 2.88 bits per heavy atom. The molecule has 2 aliphatic heterocycles. The third-order valence-electron chi connectivity index (χ3n) is 5.25. The summed E-state index contributed by atoms with van der Waals surface area (Å²) in [4.78, 5) is 17.3. The van der Waals surface area contributed by atoms with Gasteiger partial charge in [0, 0.05) is 37.0 Å². The molecule has 0 aromatic heterocycles. The minimum atomic E-state index is -0.391. The normalized spacial score (nSPS) is 26.6. The summed E-state index contributed by atoms with van der Waals surface area (Å²) >= 11 is 0. The number of nitrogens with zero attached hydrogens (tertiary/aromatic N) is 1. The Balaban J connectivity index is 2.08. The fourth-order valence-electron chi connectivity index (χ4n) is 3.63. The molecule has 0 saturated carbocycles. The lowest BCUT2D eigenvalue weighted by Gasteiger charge is -2.19. The van der Waals surface area contributed by atoms with Crippen molar-refractivity contribution >= 4 is 23.5 Å². The topological polar surface area (TPSA) is 77.3 Å². The second-order valence-corrected chi connectivity index (χ2v) is 6.88. The zero-order chi connectivity index (χ0) is 18.0. The molecule has 5 nitrogen and oxygen atoms in total. The smallest absolute Gasteiger partial charge is 0.221 e. The molecule has 1 amide bonds. The first kappa shape index (κ1) is 17.4. The van der Waals surface area contributed by atoms with Crippen molar-refractivity contribution in [3.05, 3.63) is 41.1 Å². The van der Waals surface area contributed by atoms with Gasteiger partial charge in [0.15, 0.2) is 0 Å². The number of hydrogen-bond acceptors (Lipinski definition) is 4. The molecule has 3 rings (SSSR count). The molecule has 0 fully saturated rings. The van der Waals surface area contributed by atoms with Gasteiger partial charge in [-0.05, 0) is 49.0 Å². The number of hydrogen-bond donors (Lipinski definition) is 3. The maximum atomic E-state index is 12.5. The molecule has 1 aromatic carbocycles. The van der Waals surface area contributed by atoms with Crippen molar-refractivity contribution in [3.8, 4) is 0 Å². The summed E-state index contributed by atoms with van der Waals surface area (Å²) in [7, 11) is 1.89. The molecule has 0 bridgehead atoms. The number of aliphatic imine (C=N–C) groups is 1. The Bertz CT molecular complexity index is 750. The van der Waals surface area contributed by atoms with E-state index in [2.05, 4.69) is 36.6 Å². The van der Waals surface area contributed by atoms with E-state index < -0.39 is 6.04 Å². The average Bonchev–Trinajstić information content (AvgIpc) is 2.85. The fraction of sp³-hybridized carbons (Fsp3) is 0.450. The van der Waals surface area contributed by atoms with Gasteiger partial charge in [-0.15, -0.1) is 0 Å². The van der Waals surface area contributed by atoms with Gasteiger partial charge in [-0.1, -0.05) is 19.1 Å². The van der Waals surface area contributed by atoms with Crippen LogP contribution in [0.25, 0.3) is 0 Å². The van der Waals surface area contributed by atoms with E-state index in [0.29, 0.717) is 18.6 Å². The van der Waals surface area contributed by atoms with Crippen LogP contribution in [0.3, 0.4) is 0 Å². The summed E-state index contributed by atoms with van der Waals surface area (Å²) in [6.07, 6.45) is 3.96. The van der Waals surface area contributed by atoms with Crippen LogP contribution in [-0.4, -0.2) is 30.9 Å². The minimum Gasteiger partial charge on any atom is -0.388 e. The number of anilines is 1. The zero-order valence-electron chi connectivity index (χ0n) is 15.1. The van der Waals surface area contributed by atoms with Gasteiger partial charge < -0.3 is 16.0 Å². The van der Waals surface area contributed by atoms with Crippen molar-refractivity contribution in [2.45, 2.75) is 45.1 Å². The van der Waals surface area contributed by atoms with Crippen molar-refractivity contribution in [2.75, 3.05) is 12.4 Å². The molecule has 0 saturated heterocycles. The van der Waals surface area contributed by atoms with Gasteiger partial charge in [-0.25, -0.2) is 0 Å². The summed E-state index contributed by atoms with van der Waals surface area (Å²) < 4.78 is 0. The molecule has 5 heteroatoms. The molecule has 0 aliphatic carbocycles. The van der Waals surface area contributed by atoms with E-state index in [-0.39, 0.29) is 17.7 Å². The largest absolute Gasteiger partial charge is 0.388 e. The molecule has 3 atom stereocenters. The number of carbonyl (C=O) groups excluding carboxylic acids is 1. The molecular formula is C20H26N4O. The van der Waals surface area contributed by atoms with Crippen molar-refractivity contribution < 1.29 is 4.79 Å². The predicted molar refractivity (Wildman–Crippen MR) is 103 cm³/mol. The highest BCUT2D eigenvalue weighted by atomic mass is 16.1. The quantitative estimate of drug-likeness (QED) is 0.789. The van der Waals surface area contributed by atoms with Crippen LogP contribution >= 0.6 is 0 Å². The number of benzene rings is 1. The number of carbonyl (C=O) groups is 1. The average molecular weight is 338 g/mol. The third-order valence-corrected chi connectivity index (χ3v) is 5.25. The number of rotatable bonds is 3. The second kappa shape index (κ2) is 7.21. The molecule has 3 N–H and O–H groups in total. The Morgan fingerprint density at radius 2 is 2.16 bits per heavy atom. The highest BCUT2D eigenvalue weighted by Gasteiger charge is 2.33. The lowest BCUT2D eigenvalue weighted by molar-refractivity contribution is -0.121.